The molecule has 17 heavy (non-hydrogen) atoms. The van der Waals surface area contributed by atoms with E-state index in [0.717, 1.165) is 30.4 Å². The average Bonchev–Trinajstić information content (AvgIpc) is 2.66. The topological polar surface area (TPSA) is 12.0 Å². The third-order valence-electron chi connectivity index (χ3n) is 4.07. The van der Waals surface area contributed by atoms with E-state index in [-0.39, 0.29) is 5.82 Å². The SMILES string of the molecule is Fc1cccc(CCNC2CC3CC=CC32)c1. The highest BCUT2D eigenvalue weighted by Crippen LogP contribution is 2.42. The van der Waals surface area contributed by atoms with Crippen molar-refractivity contribution in [1.82, 2.24) is 5.32 Å². The molecular weight excluding hydrogens is 213 g/mol. The summed E-state index contributed by atoms with van der Waals surface area (Å²) in [6.07, 6.45) is 8.15. The van der Waals surface area contributed by atoms with Gasteiger partial charge in [-0.25, -0.2) is 4.39 Å². The molecule has 0 amide bonds. The van der Waals surface area contributed by atoms with E-state index >= 15 is 0 Å². The van der Waals surface area contributed by atoms with Crippen LogP contribution in [0.15, 0.2) is 36.4 Å². The van der Waals surface area contributed by atoms with E-state index in [9.17, 15) is 4.39 Å². The number of allylic oxidation sites excluding steroid dienone is 1. The van der Waals surface area contributed by atoms with Gasteiger partial charge in [0.25, 0.3) is 0 Å². The van der Waals surface area contributed by atoms with Gasteiger partial charge in [0.2, 0.25) is 0 Å². The normalized spacial score (nSPS) is 30.1. The zero-order chi connectivity index (χ0) is 11.7. The Morgan fingerprint density at radius 2 is 2.29 bits per heavy atom. The summed E-state index contributed by atoms with van der Waals surface area (Å²) in [5.41, 5.74) is 1.08. The molecule has 0 bridgehead atoms. The molecule has 0 saturated heterocycles. The summed E-state index contributed by atoms with van der Waals surface area (Å²) in [6.45, 7) is 0.950. The van der Waals surface area contributed by atoms with Crippen molar-refractivity contribution in [2.24, 2.45) is 11.8 Å². The largest absolute Gasteiger partial charge is 0.313 e. The first-order chi connectivity index (χ1) is 8.33. The Bertz CT molecular complexity index is 427. The second-order valence-corrected chi connectivity index (χ2v) is 5.18. The molecule has 1 nitrogen and oxygen atoms in total. The molecule has 2 aliphatic carbocycles. The van der Waals surface area contributed by atoms with Gasteiger partial charge in [-0.05, 0) is 55.3 Å². The number of benzene rings is 1. The number of halogens is 1. The smallest absolute Gasteiger partial charge is 0.123 e. The molecule has 2 aliphatic rings. The zero-order valence-electron chi connectivity index (χ0n) is 9.90. The second kappa shape index (κ2) is 4.61. The van der Waals surface area contributed by atoms with Gasteiger partial charge in [-0.1, -0.05) is 24.3 Å². The fraction of sp³-hybridized carbons (Fsp3) is 0.467. The van der Waals surface area contributed by atoms with E-state index in [0.29, 0.717) is 6.04 Å². The fourth-order valence-corrected chi connectivity index (χ4v) is 3.04. The molecule has 1 aromatic rings. The van der Waals surface area contributed by atoms with Gasteiger partial charge in [0.1, 0.15) is 5.82 Å². The van der Waals surface area contributed by atoms with Gasteiger partial charge in [-0.3, -0.25) is 0 Å². The van der Waals surface area contributed by atoms with Crippen LogP contribution in [0.1, 0.15) is 18.4 Å². The molecule has 1 aromatic carbocycles. The predicted octanol–water partition coefficient (Wildman–Crippen LogP) is 2.92. The lowest BCUT2D eigenvalue weighted by Crippen LogP contribution is -2.48. The lowest BCUT2D eigenvalue weighted by atomic mass is 9.71. The summed E-state index contributed by atoms with van der Waals surface area (Å²) < 4.78 is 13.0. The summed E-state index contributed by atoms with van der Waals surface area (Å²) in [7, 11) is 0. The minimum atomic E-state index is -0.134. The number of nitrogens with one attached hydrogen (secondary N) is 1. The lowest BCUT2D eigenvalue weighted by Gasteiger charge is -2.40. The number of hydrogen-bond acceptors (Lipinski definition) is 1. The number of rotatable bonds is 4. The van der Waals surface area contributed by atoms with Crippen LogP contribution in [0, 0.1) is 17.7 Å². The summed E-state index contributed by atoms with van der Waals surface area (Å²) in [6, 6.07) is 7.55. The molecule has 0 radical (unpaired) electrons. The molecule has 0 aliphatic heterocycles. The Morgan fingerprint density at radius 3 is 3.12 bits per heavy atom. The molecule has 1 fully saturated rings. The van der Waals surface area contributed by atoms with Crippen LogP contribution in [0.4, 0.5) is 4.39 Å². The van der Waals surface area contributed by atoms with Gasteiger partial charge in [-0.15, -0.1) is 0 Å². The van der Waals surface area contributed by atoms with E-state index in [2.05, 4.69) is 17.5 Å². The summed E-state index contributed by atoms with van der Waals surface area (Å²) in [4.78, 5) is 0. The Balaban J connectivity index is 1.45. The Kier molecular flexibility index (Phi) is 2.98. The molecule has 0 heterocycles. The standard InChI is InChI=1S/C15H18FN/c16-13-5-1-3-11(9-13)7-8-17-15-10-12-4-2-6-14(12)15/h1-3,5-6,9,12,14-15,17H,4,7-8,10H2. The number of hydrogen-bond donors (Lipinski definition) is 1. The van der Waals surface area contributed by atoms with Crippen molar-refractivity contribution in [3.63, 3.8) is 0 Å². The van der Waals surface area contributed by atoms with Gasteiger partial charge in [-0.2, -0.15) is 0 Å². The average molecular weight is 231 g/mol. The maximum Gasteiger partial charge on any atom is 0.123 e. The van der Waals surface area contributed by atoms with Crippen LogP contribution in [0.25, 0.3) is 0 Å². The third-order valence-corrected chi connectivity index (χ3v) is 4.07. The fourth-order valence-electron chi connectivity index (χ4n) is 3.04. The lowest BCUT2D eigenvalue weighted by molar-refractivity contribution is 0.164. The van der Waals surface area contributed by atoms with E-state index in [1.54, 1.807) is 12.1 Å². The molecule has 0 aromatic heterocycles. The third kappa shape index (κ3) is 2.27. The highest BCUT2D eigenvalue weighted by atomic mass is 19.1. The molecular formula is C15H18FN. The maximum atomic E-state index is 13.0. The van der Waals surface area contributed by atoms with Crippen molar-refractivity contribution in [2.75, 3.05) is 6.54 Å². The minimum Gasteiger partial charge on any atom is -0.313 e. The summed E-state index contributed by atoms with van der Waals surface area (Å²) in [5.74, 6) is 1.54. The van der Waals surface area contributed by atoms with Crippen molar-refractivity contribution in [1.29, 1.82) is 0 Å². The van der Waals surface area contributed by atoms with Crippen LogP contribution in [0.5, 0.6) is 0 Å². The maximum absolute atomic E-state index is 13.0. The molecule has 3 rings (SSSR count). The van der Waals surface area contributed by atoms with Crippen LogP contribution >= 0.6 is 0 Å². The van der Waals surface area contributed by atoms with E-state index < -0.39 is 0 Å². The molecule has 3 unspecified atom stereocenters. The van der Waals surface area contributed by atoms with Crippen LogP contribution in [-0.4, -0.2) is 12.6 Å². The quantitative estimate of drug-likeness (QED) is 0.786. The highest BCUT2D eigenvalue weighted by Gasteiger charge is 2.40. The molecule has 1 N–H and O–H groups in total. The van der Waals surface area contributed by atoms with E-state index in [4.69, 9.17) is 0 Å². The van der Waals surface area contributed by atoms with Gasteiger partial charge in [0, 0.05) is 6.04 Å². The van der Waals surface area contributed by atoms with Crippen molar-refractivity contribution in [3.8, 4) is 0 Å². The first kappa shape index (κ1) is 11.0. The monoisotopic (exact) mass is 231 g/mol. The molecule has 1 saturated carbocycles. The zero-order valence-corrected chi connectivity index (χ0v) is 9.90. The first-order valence-corrected chi connectivity index (χ1v) is 6.47. The minimum absolute atomic E-state index is 0.134. The predicted molar refractivity (Wildman–Crippen MR) is 67.2 cm³/mol. The van der Waals surface area contributed by atoms with Crippen molar-refractivity contribution in [3.05, 3.63) is 47.8 Å². The Morgan fingerprint density at radius 1 is 1.35 bits per heavy atom. The number of fused-ring (bicyclic) bond motifs is 1. The molecule has 0 spiro atoms. The van der Waals surface area contributed by atoms with Gasteiger partial charge in [0.15, 0.2) is 0 Å². The summed E-state index contributed by atoms with van der Waals surface area (Å²) >= 11 is 0. The molecule has 2 heteroatoms. The summed E-state index contributed by atoms with van der Waals surface area (Å²) in [5, 5.41) is 3.58. The highest BCUT2D eigenvalue weighted by molar-refractivity contribution is 5.17. The molecule has 3 atom stereocenters. The van der Waals surface area contributed by atoms with Crippen LogP contribution in [0.2, 0.25) is 0 Å². The van der Waals surface area contributed by atoms with Crippen LogP contribution in [0.3, 0.4) is 0 Å². The van der Waals surface area contributed by atoms with Crippen molar-refractivity contribution in [2.45, 2.75) is 25.3 Å². The van der Waals surface area contributed by atoms with Crippen LogP contribution in [-0.2, 0) is 6.42 Å². The van der Waals surface area contributed by atoms with E-state index in [1.807, 2.05) is 6.07 Å². The van der Waals surface area contributed by atoms with Gasteiger partial charge in [0.05, 0.1) is 0 Å². The van der Waals surface area contributed by atoms with Gasteiger partial charge < -0.3 is 5.32 Å². The van der Waals surface area contributed by atoms with Crippen molar-refractivity contribution >= 4 is 0 Å². The second-order valence-electron chi connectivity index (χ2n) is 5.18. The Labute approximate surface area is 102 Å². The van der Waals surface area contributed by atoms with Crippen LogP contribution < -0.4 is 5.32 Å². The molecule has 90 valence electrons. The van der Waals surface area contributed by atoms with Gasteiger partial charge >= 0.3 is 0 Å². The first-order valence-electron chi connectivity index (χ1n) is 6.47. The van der Waals surface area contributed by atoms with Crippen molar-refractivity contribution < 1.29 is 4.39 Å². The Hall–Kier alpha value is -1.15. The van der Waals surface area contributed by atoms with E-state index in [1.165, 1.54) is 18.9 Å².